The molecule has 3 aromatic rings. The van der Waals surface area contributed by atoms with E-state index in [1.807, 2.05) is 20.8 Å². The quantitative estimate of drug-likeness (QED) is 0.424. The highest BCUT2D eigenvalue weighted by Crippen LogP contribution is 2.39. The van der Waals surface area contributed by atoms with Gasteiger partial charge >= 0.3 is 5.97 Å². The van der Waals surface area contributed by atoms with E-state index in [0.717, 1.165) is 18.1 Å². The number of benzene rings is 1. The van der Waals surface area contributed by atoms with Gasteiger partial charge in [-0.2, -0.15) is 0 Å². The predicted molar refractivity (Wildman–Crippen MR) is 128 cm³/mol. The number of nitrogens with one attached hydrogen (secondary N) is 1. The first-order valence-corrected chi connectivity index (χ1v) is 14.1. The van der Waals surface area contributed by atoms with Crippen molar-refractivity contribution in [2.24, 2.45) is 0 Å². The number of carbonyl (C=O) groups is 2. The van der Waals surface area contributed by atoms with E-state index in [1.165, 1.54) is 17.2 Å². The van der Waals surface area contributed by atoms with Gasteiger partial charge in [-0.1, -0.05) is 39.0 Å². The van der Waals surface area contributed by atoms with E-state index in [0.29, 0.717) is 5.56 Å². The predicted octanol–water partition coefficient (Wildman–Crippen LogP) is 3.79. The molecule has 4 atom stereocenters. The van der Waals surface area contributed by atoms with Gasteiger partial charge in [0, 0.05) is 5.56 Å². The van der Waals surface area contributed by atoms with Gasteiger partial charge in [0.15, 0.2) is 43.8 Å². The molecule has 1 fully saturated rings. The molecule has 10 nitrogen and oxygen atoms in total. The maximum absolute atomic E-state index is 15.8. The molecule has 12 heteroatoms. The summed E-state index contributed by atoms with van der Waals surface area (Å²) in [5.74, 6) is -1.53. The van der Waals surface area contributed by atoms with Gasteiger partial charge in [-0.15, -0.1) is 0 Å². The van der Waals surface area contributed by atoms with Crippen molar-refractivity contribution < 1.29 is 28.2 Å². The Morgan fingerprint density at radius 2 is 1.83 bits per heavy atom. The summed E-state index contributed by atoms with van der Waals surface area (Å²) >= 11 is 0. The molecule has 0 radical (unpaired) electrons. The van der Waals surface area contributed by atoms with Gasteiger partial charge in [0.2, 0.25) is 0 Å². The SMILES string of the molecule is CC[Si](CC)(CC)O[C@H]1[C@H](F)[C@H](n2cnc3c(NC(=O)c4ccccc4)ncnc32)O[C@@H]1C(=O)O. The molecule has 2 N–H and O–H groups in total. The number of carboxylic acid groups (broad SMARTS) is 1. The highest BCUT2D eigenvalue weighted by Gasteiger charge is 2.53. The first kappa shape index (κ1) is 24.9. The number of amides is 1. The zero-order chi connectivity index (χ0) is 25.2. The molecule has 2 aromatic heterocycles. The van der Waals surface area contributed by atoms with Crippen LogP contribution in [0.1, 0.15) is 37.4 Å². The Morgan fingerprint density at radius 3 is 2.46 bits per heavy atom. The van der Waals surface area contributed by atoms with Crippen molar-refractivity contribution in [3.05, 3.63) is 48.5 Å². The van der Waals surface area contributed by atoms with Crippen molar-refractivity contribution in [2.75, 3.05) is 5.32 Å². The molecule has 1 aliphatic heterocycles. The molecule has 0 bridgehead atoms. The summed E-state index contributed by atoms with van der Waals surface area (Å²) in [5.41, 5.74) is 0.857. The fraction of sp³-hybridized carbons (Fsp3) is 0.435. The number of hydrogen-bond donors (Lipinski definition) is 2. The summed E-state index contributed by atoms with van der Waals surface area (Å²) in [6.07, 6.45) is -3.27. The lowest BCUT2D eigenvalue weighted by atomic mass is 10.1. The molecule has 1 aliphatic rings. The van der Waals surface area contributed by atoms with Crippen LogP contribution in [-0.4, -0.2) is 63.2 Å². The van der Waals surface area contributed by atoms with Crippen LogP contribution < -0.4 is 5.32 Å². The minimum Gasteiger partial charge on any atom is -0.479 e. The second-order valence-corrected chi connectivity index (χ2v) is 13.1. The summed E-state index contributed by atoms with van der Waals surface area (Å²) < 4.78 is 29.0. The van der Waals surface area contributed by atoms with Gasteiger partial charge in [-0.05, 0) is 30.3 Å². The average molecular weight is 502 g/mol. The van der Waals surface area contributed by atoms with E-state index in [1.54, 1.807) is 30.3 Å². The third-order valence-electron chi connectivity index (χ3n) is 6.63. The molecular weight excluding hydrogens is 473 g/mol. The minimum absolute atomic E-state index is 0.146. The van der Waals surface area contributed by atoms with Crippen LogP contribution in [0.3, 0.4) is 0 Å². The number of rotatable bonds is 9. The monoisotopic (exact) mass is 501 g/mol. The molecule has 3 heterocycles. The molecule has 35 heavy (non-hydrogen) atoms. The smallest absolute Gasteiger partial charge is 0.335 e. The number of anilines is 1. The minimum atomic E-state index is -2.32. The van der Waals surface area contributed by atoms with Crippen LogP contribution in [0.5, 0.6) is 0 Å². The number of aliphatic carboxylic acids is 1. The summed E-state index contributed by atoms with van der Waals surface area (Å²) in [6.45, 7) is 5.96. The van der Waals surface area contributed by atoms with Gasteiger partial charge in [-0.3, -0.25) is 9.36 Å². The normalized spacial score (nSPS) is 22.4. The summed E-state index contributed by atoms with van der Waals surface area (Å²) in [7, 11) is -2.32. The summed E-state index contributed by atoms with van der Waals surface area (Å²) in [4.78, 5) is 37.1. The van der Waals surface area contributed by atoms with Gasteiger partial charge in [0.25, 0.3) is 5.91 Å². The Kier molecular flexibility index (Phi) is 7.24. The van der Waals surface area contributed by atoms with E-state index < -0.39 is 38.9 Å². The second-order valence-electron chi connectivity index (χ2n) is 8.42. The number of nitrogens with zero attached hydrogens (tertiary/aromatic N) is 4. The highest BCUT2D eigenvalue weighted by molar-refractivity contribution is 6.73. The maximum Gasteiger partial charge on any atom is 0.335 e. The zero-order valence-electron chi connectivity index (χ0n) is 19.7. The molecule has 0 unspecified atom stereocenters. The van der Waals surface area contributed by atoms with Gasteiger partial charge in [-0.25, -0.2) is 24.1 Å². The molecule has 186 valence electrons. The number of alkyl halides is 1. The molecular formula is C23H28FN5O5Si. The Morgan fingerprint density at radius 1 is 1.14 bits per heavy atom. The average Bonchev–Trinajstić information content (AvgIpc) is 3.44. The Bertz CT molecular complexity index is 1200. The zero-order valence-corrected chi connectivity index (χ0v) is 20.7. The number of carbonyl (C=O) groups excluding carboxylic acids is 1. The lowest BCUT2D eigenvalue weighted by Crippen LogP contribution is -2.47. The molecule has 0 aliphatic carbocycles. The lowest BCUT2D eigenvalue weighted by molar-refractivity contribution is -0.154. The summed E-state index contributed by atoms with van der Waals surface area (Å²) in [5, 5.41) is 12.4. The largest absolute Gasteiger partial charge is 0.479 e. The number of imidazole rings is 1. The van der Waals surface area contributed by atoms with Crippen molar-refractivity contribution in [3.63, 3.8) is 0 Å². The number of halogens is 1. The number of aromatic nitrogens is 4. The number of hydrogen-bond acceptors (Lipinski definition) is 7. The van der Waals surface area contributed by atoms with E-state index >= 15 is 4.39 Å². The summed E-state index contributed by atoms with van der Waals surface area (Å²) in [6, 6.07) is 10.8. The van der Waals surface area contributed by atoms with E-state index in [2.05, 4.69) is 20.3 Å². The fourth-order valence-electron chi connectivity index (χ4n) is 4.36. The van der Waals surface area contributed by atoms with Crippen molar-refractivity contribution in [1.29, 1.82) is 0 Å². The van der Waals surface area contributed by atoms with Crippen LogP contribution in [0.15, 0.2) is 43.0 Å². The fourth-order valence-corrected chi connectivity index (χ4v) is 7.19. The maximum atomic E-state index is 15.8. The van der Waals surface area contributed by atoms with E-state index in [4.69, 9.17) is 9.16 Å². The number of ether oxygens (including phenoxy) is 1. The number of carboxylic acids is 1. The van der Waals surface area contributed by atoms with Crippen LogP contribution in [0.4, 0.5) is 10.2 Å². The van der Waals surface area contributed by atoms with Crippen molar-refractivity contribution in [1.82, 2.24) is 19.5 Å². The third-order valence-corrected chi connectivity index (χ3v) is 11.3. The second kappa shape index (κ2) is 10.2. The molecule has 1 amide bonds. The van der Waals surface area contributed by atoms with Crippen molar-refractivity contribution in [2.45, 2.75) is 63.5 Å². The van der Waals surface area contributed by atoms with E-state index in [-0.39, 0.29) is 22.9 Å². The standard InChI is InChI=1S/C23H28FN5O5Si/c1-4-35(5-2,6-3)34-17-15(24)22(33-18(17)23(31)32)29-13-27-16-19(25-12-26-20(16)29)28-21(30)14-10-8-7-9-11-14/h7-13,15,17-18,22H,4-6H2,1-3H3,(H,31,32)(H,25,26,28,30)/t15-,17-,18-,22+/m0/s1. The lowest BCUT2D eigenvalue weighted by Gasteiger charge is -2.33. The van der Waals surface area contributed by atoms with Gasteiger partial charge < -0.3 is 19.6 Å². The molecule has 1 aromatic carbocycles. The van der Waals surface area contributed by atoms with Gasteiger partial charge in [0.1, 0.15) is 12.4 Å². The Hall–Kier alpha value is -3.22. The molecule has 1 saturated heterocycles. The Balaban J connectivity index is 1.64. The van der Waals surface area contributed by atoms with Crippen LogP contribution in [0.25, 0.3) is 11.2 Å². The Labute approximate surface area is 202 Å². The molecule has 4 rings (SSSR count). The molecule has 0 saturated carbocycles. The van der Waals surface area contributed by atoms with Crippen LogP contribution >= 0.6 is 0 Å². The first-order chi connectivity index (χ1) is 16.8. The first-order valence-electron chi connectivity index (χ1n) is 11.6. The topological polar surface area (TPSA) is 128 Å². The molecule has 0 spiro atoms. The number of fused-ring (bicyclic) bond motifs is 1. The van der Waals surface area contributed by atoms with Crippen molar-refractivity contribution >= 4 is 37.2 Å². The van der Waals surface area contributed by atoms with Crippen LogP contribution in [0.2, 0.25) is 18.1 Å². The van der Waals surface area contributed by atoms with E-state index in [9.17, 15) is 14.7 Å². The highest BCUT2D eigenvalue weighted by atomic mass is 28.4. The van der Waals surface area contributed by atoms with Crippen LogP contribution in [-0.2, 0) is 14.0 Å². The third kappa shape index (κ3) is 4.68. The van der Waals surface area contributed by atoms with Gasteiger partial charge in [0.05, 0.1) is 6.33 Å². The van der Waals surface area contributed by atoms with Crippen molar-refractivity contribution in [3.8, 4) is 0 Å². The van der Waals surface area contributed by atoms with Crippen LogP contribution in [0, 0.1) is 0 Å².